The molecule has 2 aliphatic heterocycles. The van der Waals surface area contributed by atoms with E-state index in [1.165, 1.54) is 11.1 Å². The molecule has 37 heavy (non-hydrogen) atoms. The van der Waals surface area contributed by atoms with Gasteiger partial charge in [-0.3, -0.25) is 9.36 Å². The number of alkyl carbamates (subject to hydrolysis) is 1. The maximum Gasteiger partial charge on any atom is 0.407 e. The highest BCUT2D eigenvalue weighted by molar-refractivity contribution is 6.35. The predicted octanol–water partition coefficient (Wildman–Crippen LogP) is 5.38. The van der Waals surface area contributed by atoms with E-state index in [0.29, 0.717) is 22.9 Å². The van der Waals surface area contributed by atoms with Crippen LogP contribution in [0.5, 0.6) is 0 Å². The molecule has 1 amide bonds. The largest absolute Gasteiger partial charge is 0.444 e. The molecule has 1 aromatic heterocycles. The second-order valence-electron chi connectivity index (χ2n) is 11.7. The van der Waals surface area contributed by atoms with Gasteiger partial charge in [0.15, 0.2) is 0 Å². The number of fused-ring (bicyclic) bond motifs is 5. The normalized spacial score (nSPS) is 17.5. The monoisotopic (exact) mass is 522 g/mol. The summed E-state index contributed by atoms with van der Waals surface area (Å²) in [5.41, 5.74) is 3.22. The number of amides is 1. The molecule has 2 aromatic carbocycles. The molecule has 0 aliphatic carbocycles. The Bertz CT molecular complexity index is 1420. The standard InChI is InChI=1S/C29H35ClN4O3/c1-28(2,3)37-27(36)31-13-16-33-14-11-18(12-15-33)19-9-10-20-23(17-19)34-22-8-6-7-21(30)24(22)25(35)32-26(34)29(20,4)5/h6-10,17-18H,11-16H2,1-5H3,(H,31,36). The molecule has 0 bridgehead atoms. The second kappa shape index (κ2) is 9.44. The molecule has 196 valence electrons. The van der Waals surface area contributed by atoms with Gasteiger partial charge in [-0.05, 0) is 95.8 Å². The van der Waals surface area contributed by atoms with Gasteiger partial charge in [0.1, 0.15) is 11.4 Å². The number of hydrogen-bond donors (Lipinski definition) is 1. The van der Waals surface area contributed by atoms with Gasteiger partial charge in [0.05, 0.1) is 27.0 Å². The number of hydrogen-bond acceptors (Lipinski definition) is 5. The molecule has 1 fully saturated rings. The highest BCUT2D eigenvalue weighted by Crippen LogP contribution is 2.44. The van der Waals surface area contributed by atoms with E-state index in [9.17, 15) is 9.59 Å². The van der Waals surface area contributed by atoms with Crippen molar-refractivity contribution in [1.82, 2.24) is 19.8 Å². The van der Waals surface area contributed by atoms with E-state index in [2.05, 4.69) is 51.8 Å². The average Bonchev–Trinajstić information content (AvgIpc) is 3.04. The van der Waals surface area contributed by atoms with Crippen molar-refractivity contribution in [3.05, 3.63) is 68.7 Å². The first-order chi connectivity index (χ1) is 17.5. The highest BCUT2D eigenvalue weighted by Gasteiger charge is 2.39. The number of nitrogens with one attached hydrogen (secondary N) is 1. The minimum absolute atomic E-state index is 0.276. The minimum Gasteiger partial charge on any atom is -0.444 e. The SMILES string of the molecule is CC(C)(C)OC(=O)NCCN1CCC(c2ccc3c(c2)-n2c(nc(=O)c4c(Cl)cccc42)C3(C)C)CC1. The molecular weight excluding hydrogens is 488 g/mol. The Morgan fingerprint density at radius 2 is 1.92 bits per heavy atom. The molecule has 2 aliphatic rings. The number of rotatable bonds is 4. The van der Waals surface area contributed by atoms with Gasteiger partial charge < -0.3 is 15.0 Å². The van der Waals surface area contributed by atoms with Crippen LogP contribution in [0.2, 0.25) is 5.02 Å². The number of aromatic nitrogens is 2. The maximum absolute atomic E-state index is 12.9. The molecule has 1 saturated heterocycles. The third-order valence-corrected chi connectivity index (χ3v) is 7.83. The number of carbonyl (C=O) groups is 1. The first-order valence-electron chi connectivity index (χ1n) is 13.0. The molecule has 0 saturated carbocycles. The van der Waals surface area contributed by atoms with Gasteiger partial charge in [0, 0.05) is 13.1 Å². The van der Waals surface area contributed by atoms with Gasteiger partial charge in [-0.2, -0.15) is 4.98 Å². The summed E-state index contributed by atoms with van der Waals surface area (Å²) in [7, 11) is 0. The van der Waals surface area contributed by atoms with Crippen molar-refractivity contribution in [3.8, 4) is 5.69 Å². The molecule has 0 radical (unpaired) electrons. The molecule has 0 atom stereocenters. The molecule has 3 heterocycles. The molecule has 0 unspecified atom stereocenters. The van der Waals surface area contributed by atoms with E-state index in [4.69, 9.17) is 16.3 Å². The number of halogens is 1. The van der Waals surface area contributed by atoms with Gasteiger partial charge in [0.2, 0.25) is 0 Å². The van der Waals surface area contributed by atoms with Crippen molar-refractivity contribution < 1.29 is 9.53 Å². The fraction of sp³-hybridized carbons (Fsp3) is 0.483. The lowest BCUT2D eigenvalue weighted by Gasteiger charge is -2.32. The number of benzene rings is 2. The van der Waals surface area contributed by atoms with Gasteiger partial charge in [0.25, 0.3) is 5.56 Å². The molecule has 3 aromatic rings. The van der Waals surface area contributed by atoms with Crippen LogP contribution in [0.25, 0.3) is 16.6 Å². The number of ether oxygens (including phenoxy) is 1. The third kappa shape index (κ3) is 4.87. The van der Waals surface area contributed by atoms with E-state index in [0.717, 1.165) is 49.5 Å². The van der Waals surface area contributed by atoms with E-state index in [1.54, 1.807) is 6.07 Å². The fourth-order valence-corrected chi connectivity index (χ4v) is 5.90. The topological polar surface area (TPSA) is 76.5 Å². The van der Waals surface area contributed by atoms with Crippen molar-refractivity contribution in [2.24, 2.45) is 0 Å². The predicted molar refractivity (Wildman–Crippen MR) is 147 cm³/mol. The van der Waals surface area contributed by atoms with Crippen LogP contribution in [0.1, 0.15) is 70.3 Å². The Morgan fingerprint density at radius 3 is 2.62 bits per heavy atom. The zero-order chi connectivity index (χ0) is 26.5. The lowest BCUT2D eigenvalue weighted by Crippen LogP contribution is -2.40. The van der Waals surface area contributed by atoms with Crippen molar-refractivity contribution in [1.29, 1.82) is 0 Å². The van der Waals surface area contributed by atoms with Crippen molar-refractivity contribution in [2.45, 2.75) is 64.4 Å². The zero-order valence-electron chi connectivity index (χ0n) is 22.2. The van der Waals surface area contributed by atoms with Crippen LogP contribution in [-0.2, 0) is 10.2 Å². The molecular formula is C29H35ClN4O3. The molecule has 8 heteroatoms. The Hall–Kier alpha value is -2.90. The fourth-order valence-electron chi connectivity index (χ4n) is 5.65. The van der Waals surface area contributed by atoms with Crippen LogP contribution in [0, 0.1) is 0 Å². The maximum atomic E-state index is 12.9. The van der Waals surface area contributed by atoms with Crippen molar-refractivity contribution >= 4 is 28.6 Å². The quantitative estimate of drug-likeness (QED) is 0.497. The summed E-state index contributed by atoms with van der Waals surface area (Å²) < 4.78 is 7.44. The van der Waals surface area contributed by atoms with Crippen LogP contribution < -0.4 is 10.9 Å². The minimum atomic E-state index is -0.488. The smallest absolute Gasteiger partial charge is 0.407 e. The van der Waals surface area contributed by atoms with E-state index >= 15 is 0 Å². The summed E-state index contributed by atoms with van der Waals surface area (Å²) in [6.45, 7) is 13.2. The summed E-state index contributed by atoms with van der Waals surface area (Å²) in [5.74, 6) is 1.21. The van der Waals surface area contributed by atoms with Crippen molar-refractivity contribution in [2.75, 3.05) is 26.2 Å². The lowest BCUT2D eigenvalue weighted by molar-refractivity contribution is 0.0520. The van der Waals surface area contributed by atoms with Gasteiger partial charge in [-0.15, -0.1) is 0 Å². The van der Waals surface area contributed by atoms with Gasteiger partial charge in [-0.1, -0.05) is 29.8 Å². The number of likely N-dealkylation sites (tertiary alicyclic amines) is 1. The second-order valence-corrected chi connectivity index (χ2v) is 12.1. The van der Waals surface area contributed by atoms with Crippen molar-refractivity contribution in [3.63, 3.8) is 0 Å². The summed E-state index contributed by atoms with van der Waals surface area (Å²) in [6, 6.07) is 12.3. The van der Waals surface area contributed by atoms with Crippen LogP contribution in [0.15, 0.2) is 41.2 Å². The summed E-state index contributed by atoms with van der Waals surface area (Å²) >= 11 is 6.42. The molecule has 0 spiro atoms. The lowest BCUT2D eigenvalue weighted by atomic mass is 9.83. The first-order valence-corrected chi connectivity index (χ1v) is 13.4. The van der Waals surface area contributed by atoms with Crippen LogP contribution in [0.3, 0.4) is 0 Å². The average molecular weight is 523 g/mol. The number of piperidine rings is 1. The Labute approximate surface area is 222 Å². The van der Waals surface area contributed by atoms with Crippen LogP contribution >= 0.6 is 11.6 Å². The van der Waals surface area contributed by atoms with E-state index < -0.39 is 5.60 Å². The highest BCUT2D eigenvalue weighted by atomic mass is 35.5. The molecule has 5 rings (SSSR count). The number of nitrogens with zero attached hydrogens (tertiary/aromatic N) is 3. The third-order valence-electron chi connectivity index (χ3n) is 7.52. The summed E-state index contributed by atoms with van der Waals surface area (Å²) in [6.07, 6.45) is 1.74. The Balaban J connectivity index is 1.33. The molecule has 1 N–H and O–H groups in total. The van der Waals surface area contributed by atoms with Crippen LogP contribution in [0.4, 0.5) is 4.79 Å². The van der Waals surface area contributed by atoms with Gasteiger partial charge in [-0.25, -0.2) is 4.79 Å². The van der Waals surface area contributed by atoms with Crippen LogP contribution in [-0.4, -0.2) is 52.3 Å². The van der Waals surface area contributed by atoms with Gasteiger partial charge >= 0.3 is 6.09 Å². The molecule has 7 nitrogen and oxygen atoms in total. The first kappa shape index (κ1) is 25.7. The van der Waals surface area contributed by atoms with E-state index in [1.807, 2.05) is 32.9 Å². The Morgan fingerprint density at radius 1 is 1.19 bits per heavy atom. The number of carbonyl (C=O) groups excluding carboxylic acids is 1. The zero-order valence-corrected chi connectivity index (χ0v) is 23.0. The Kier molecular flexibility index (Phi) is 6.57. The van der Waals surface area contributed by atoms with E-state index in [-0.39, 0.29) is 17.1 Å². The summed E-state index contributed by atoms with van der Waals surface area (Å²) in [5, 5.41) is 3.75. The summed E-state index contributed by atoms with van der Waals surface area (Å²) in [4.78, 5) is 31.7.